The van der Waals surface area contributed by atoms with Crippen LogP contribution in [0.3, 0.4) is 0 Å². The summed E-state index contributed by atoms with van der Waals surface area (Å²) in [5.74, 6) is -0.294. The molecule has 4 N–H and O–H groups in total. The van der Waals surface area contributed by atoms with Crippen molar-refractivity contribution in [2.75, 3.05) is 6.54 Å². The second-order valence-electron chi connectivity index (χ2n) is 2.83. The van der Waals surface area contributed by atoms with Crippen LogP contribution in [0.1, 0.15) is 33.1 Å². The molecule has 12 heavy (non-hydrogen) atoms. The topological polar surface area (TPSA) is 69.1 Å². The highest BCUT2D eigenvalue weighted by Gasteiger charge is 2.05. The Balaban J connectivity index is 4.39. The van der Waals surface area contributed by atoms with Crippen LogP contribution < -0.4 is 11.5 Å². The van der Waals surface area contributed by atoms with Gasteiger partial charge in [-0.2, -0.15) is 0 Å². The Hall–Kier alpha value is -0.830. The van der Waals surface area contributed by atoms with E-state index in [2.05, 4.69) is 0 Å². The quantitative estimate of drug-likeness (QED) is 0.604. The van der Waals surface area contributed by atoms with Gasteiger partial charge in [0.25, 0.3) is 0 Å². The molecule has 0 unspecified atom stereocenters. The molecule has 0 aliphatic carbocycles. The first-order chi connectivity index (χ1) is 6.17. The lowest BCUT2D eigenvalue weighted by molar-refractivity contribution is -0.114. The molecule has 0 bridgehead atoms. The maximum Gasteiger partial charge on any atom is 0.244 e. The molecule has 0 heterocycles. The van der Waals surface area contributed by atoms with E-state index in [0.29, 0.717) is 18.5 Å². The van der Waals surface area contributed by atoms with Crippen molar-refractivity contribution in [2.45, 2.75) is 33.1 Å². The minimum Gasteiger partial charge on any atom is -0.366 e. The van der Waals surface area contributed by atoms with Gasteiger partial charge in [-0.25, -0.2) is 0 Å². The lowest BCUT2D eigenvalue weighted by atomic mass is 10.0. The largest absolute Gasteiger partial charge is 0.366 e. The van der Waals surface area contributed by atoms with Gasteiger partial charge in [0.05, 0.1) is 0 Å². The van der Waals surface area contributed by atoms with Gasteiger partial charge in [0, 0.05) is 5.57 Å². The SMILES string of the molecule is [2H]NC(=O)C(CC)=C(C)CCCN. The zero-order chi connectivity index (χ0) is 10.3. The van der Waals surface area contributed by atoms with Crippen LogP contribution in [0.5, 0.6) is 0 Å². The number of nitrogens with two attached hydrogens (primary N) is 2. The third-order valence-electron chi connectivity index (χ3n) is 1.90. The average molecular weight is 171 g/mol. The molecule has 1 amide bonds. The van der Waals surface area contributed by atoms with Gasteiger partial charge < -0.3 is 11.5 Å². The number of carbonyl (C=O) groups excluding carboxylic acids is 1. The Morgan fingerprint density at radius 1 is 1.58 bits per heavy atom. The highest BCUT2D eigenvalue weighted by Crippen LogP contribution is 2.12. The summed E-state index contributed by atoms with van der Waals surface area (Å²) in [6, 6.07) is 0. The van der Waals surface area contributed by atoms with Crippen molar-refractivity contribution < 1.29 is 6.21 Å². The third-order valence-corrected chi connectivity index (χ3v) is 1.90. The highest BCUT2D eigenvalue weighted by molar-refractivity contribution is 5.92. The molecule has 0 atom stereocenters. The number of allylic oxidation sites excluding steroid dienone is 1. The minimum atomic E-state index is -0.294. The zero-order valence-electron chi connectivity index (χ0n) is 8.81. The van der Waals surface area contributed by atoms with E-state index in [9.17, 15) is 4.79 Å². The number of hydrogen-bond acceptors (Lipinski definition) is 2. The molecule has 0 radical (unpaired) electrons. The monoisotopic (exact) mass is 171 g/mol. The summed E-state index contributed by atoms with van der Waals surface area (Å²) in [6.45, 7) is 4.47. The average Bonchev–Trinajstić information content (AvgIpc) is 2.15. The van der Waals surface area contributed by atoms with Gasteiger partial charge in [0.1, 0.15) is 0 Å². The normalized spacial score (nSPS) is 13.4. The Morgan fingerprint density at radius 2 is 2.25 bits per heavy atom. The van der Waals surface area contributed by atoms with Crippen molar-refractivity contribution in [3.63, 3.8) is 0 Å². The molecule has 0 aliphatic heterocycles. The van der Waals surface area contributed by atoms with Crippen LogP contribution in [0.2, 0.25) is 1.41 Å². The van der Waals surface area contributed by atoms with Gasteiger partial charge in [-0.3, -0.25) is 4.79 Å². The third kappa shape index (κ3) is 3.53. The van der Waals surface area contributed by atoms with Crippen LogP contribution in [0.4, 0.5) is 0 Å². The Labute approximate surface area is 75.3 Å². The first-order valence-electron chi connectivity index (χ1n) is 4.78. The molecular weight excluding hydrogens is 152 g/mol. The van der Waals surface area contributed by atoms with Gasteiger partial charge in [-0.15, -0.1) is 0 Å². The van der Waals surface area contributed by atoms with Crippen LogP contribution in [0.25, 0.3) is 0 Å². The molecule has 3 heteroatoms. The summed E-state index contributed by atoms with van der Waals surface area (Å²) < 4.78 is 6.75. The number of hydrogen-bond donors (Lipinski definition) is 2. The molecule has 3 nitrogen and oxygen atoms in total. The summed E-state index contributed by atoms with van der Waals surface area (Å²) in [4.78, 5) is 11.2. The molecule has 0 aromatic heterocycles. The molecule has 70 valence electrons. The fourth-order valence-corrected chi connectivity index (χ4v) is 1.17. The summed E-state index contributed by atoms with van der Waals surface area (Å²) in [7, 11) is 0. The Morgan fingerprint density at radius 3 is 2.67 bits per heavy atom. The van der Waals surface area contributed by atoms with Gasteiger partial charge in [-0.05, 0) is 32.7 Å². The maximum absolute atomic E-state index is 11.2. The van der Waals surface area contributed by atoms with Crippen molar-refractivity contribution in [2.24, 2.45) is 11.5 Å². The molecule has 0 aromatic carbocycles. The number of carbonyl (C=O) groups is 1. The van der Waals surface area contributed by atoms with Gasteiger partial charge in [0.15, 0.2) is 1.41 Å². The van der Waals surface area contributed by atoms with Crippen LogP contribution in [-0.2, 0) is 4.79 Å². The van der Waals surface area contributed by atoms with E-state index in [4.69, 9.17) is 7.15 Å². The lowest BCUT2D eigenvalue weighted by Gasteiger charge is -2.05. The zero-order valence-corrected chi connectivity index (χ0v) is 7.81. The summed E-state index contributed by atoms with van der Waals surface area (Å²) in [5.41, 5.74) is 9.01. The highest BCUT2D eigenvalue weighted by atomic mass is 16.1. The van der Waals surface area contributed by atoms with Crippen LogP contribution in [-0.4, -0.2) is 12.5 Å². The smallest absolute Gasteiger partial charge is 0.244 e. The molecule has 0 spiro atoms. The summed E-state index contributed by atoms with van der Waals surface area (Å²) in [5, 5.41) is 0. The summed E-state index contributed by atoms with van der Waals surface area (Å²) in [6.07, 6.45) is 2.40. The van der Waals surface area contributed by atoms with Crippen molar-refractivity contribution in [3.05, 3.63) is 11.1 Å². The molecule has 0 saturated carbocycles. The fourth-order valence-electron chi connectivity index (χ4n) is 1.17. The number of primary amides is 1. The predicted octanol–water partition coefficient (Wildman–Crippen LogP) is 0.937. The van der Waals surface area contributed by atoms with Crippen molar-refractivity contribution >= 4 is 5.91 Å². The molecule has 0 rings (SSSR count). The van der Waals surface area contributed by atoms with Gasteiger partial charge in [0.2, 0.25) is 5.91 Å². The molecule has 0 fully saturated rings. The van der Waals surface area contributed by atoms with Gasteiger partial charge in [-0.1, -0.05) is 12.5 Å². The lowest BCUT2D eigenvalue weighted by Crippen LogP contribution is -2.15. The van der Waals surface area contributed by atoms with E-state index < -0.39 is 0 Å². The summed E-state index contributed by atoms with van der Waals surface area (Å²) >= 11 is 0. The molecule has 0 aliphatic rings. The van der Waals surface area contributed by atoms with E-state index in [1.807, 2.05) is 19.6 Å². The van der Waals surface area contributed by atoms with E-state index >= 15 is 0 Å². The first-order valence-corrected chi connectivity index (χ1v) is 4.28. The fraction of sp³-hybridized carbons (Fsp3) is 0.667. The van der Waals surface area contributed by atoms with E-state index in [1.165, 1.54) is 0 Å². The number of amides is 1. The first kappa shape index (κ1) is 9.26. The van der Waals surface area contributed by atoms with Crippen molar-refractivity contribution in [3.8, 4) is 0 Å². The maximum atomic E-state index is 11.2. The van der Waals surface area contributed by atoms with Crippen LogP contribution in [0, 0.1) is 0 Å². The molecular formula is C9H18N2O. The van der Waals surface area contributed by atoms with Gasteiger partial charge >= 0.3 is 0 Å². The van der Waals surface area contributed by atoms with E-state index in [0.717, 1.165) is 18.4 Å². The molecule has 0 saturated heterocycles. The standard InChI is InChI=1S/C9H18N2O/c1-3-8(9(11)12)7(2)5-4-6-10/h3-6,10H2,1-2H3,(H2,11,12)/i/hD. The predicted molar refractivity (Wildman–Crippen MR) is 50.5 cm³/mol. The Bertz CT molecular complexity index is 202. The van der Waals surface area contributed by atoms with Crippen LogP contribution in [0.15, 0.2) is 11.1 Å². The minimum absolute atomic E-state index is 0.294. The molecule has 0 aromatic rings. The number of rotatable bonds is 5. The Kier molecular flexibility index (Phi) is 4.46. The van der Waals surface area contributed by atoms with E-state index in [-0.39, 0.29) is 5.91 Å². The van der Waals surface area contributed by atoms with Crippen molar-refractivity contribution in [1.82, 2.24) is 0 Å². The van der Waals surface area contributed by atoms with E-state index in [1.54, 1.807) is 0 Å². The van der Waals surface area contributed by atoms with Crippen molar-refractivity contribution in [1.29, 1.82) is 0 Å². The van der Waals surface area contributed by atoms with Crippen LogP contribution >= 0.6 is 0 Å². The second kappa shape index (κ2) is 5.77. The second-order valence-corrected chi connectivity index (χ2v) is 2.83.